The van der Waals surface area contributed by atoms with Gasteiger partial charge in [-0.2, -0.15) is 17.5 Å². The number of alkyl halides is 3. The number of carbonyl (C=O) groups is 1. The second-order valence-corrected chi connectivity index (χ2v) is 8.14. The van der Waals surface area contributed by atoms with E-state index in [1.807, 2.05) is 0 Å². The van der Waals surface area contributed by atoms with E-state index < -0.39 is 38.2 Å². The number of nitrogens with one attached hydrogen (secondary N) is 1. The van der Waals surface area contributed by atoms with Crippen LogP contribution in [0.2, 0.25) is 0 Å². The zero-order valence-corrected chi connectivity index (χ0v) is 14.2. The molecule has 0 aliphatic carbocycles. The van der Waals surface area contributed by atoms with Crippen LogP contribution in [0.1, 0.15) is 15.9 Å². The Morgan fingerprint density at radius 1 is 1.24 bits per heavy atom. The fraction of sp³-hybridized carbons (Fsp3) is 0.533. The summed E-state index contributed by atoms with van der Waals surface area (Å²) in [7, 11) is -3.10. The van der Waals surface area contributed by atoms with E-state index in [2.05, 4.69) is 10.1 Å². The number of carbonyl (C=O) groups excluding carboxylic acids is 1. The third-order valence-electron chi connectivity index (χ3n) is 4.70. The topological polar surface area (TPSA) is 75.7 Å². The largest absolute Gasteiger partial charge is 0.465 e. The number of ether oxygens (including phenoxy) is 1. The van der Waals surface area contributed by atoms with Gasteiger partial charge in [0.05, 0.1) is 23.1 Å². The number of esters is 1. The molecule has 25 heavy (non-hydrogen) atoms. The molecule has 10 heteroatoms. The maximum absolute atomic E-state index is 13.3. The fourth-order valence-corrected chi connectivity index (χ4v) is 4.94. The second kappa shape index (κ2) is 6.26. The van der Waals surface area contributed by atoms with Crippen molar-refractivity contribution in [3.05, 3.63) is 29.3 Å². The zero-order chi connectivity index (χ0) is 18.4. The molecule has 1 aromatic rings. The SMILES string of the molecule is COC(=O)c1ccc(S(=O)(=O)N2C[C@H]3CNC[C@H]3C2)cc1C(F)(F)F. The van der Waals surface area contributed by atoms with Crippen molar-refractivity contribution in [2.75, 3.05) is 33.3 Å². The number of rotatable bonds is 3. The first-order chi connectivity index (χ1) is 11.6. The summed E-state index contributed by atoms with van der Waals surface area (Å²) >= 11 is 0. The Hall–Kier alpha value is -1.65. The lowest BCUT2D eigenvalue weighted by molar-refractivity contribution is -0.138. The molecular formula is C15H17F3N2O4S. The van der Waals surface area contributed by atoms with Gasteiger partial charge in [0, 0.05) is 13.1 Å². The van der Waals surface area contributed by atoms with Crippen LogP contribution in [0.3, 0.4) is 0 Å². The van der Waals surface area contributed by atoms with Gasteiger partial charge < -0.3 is 10.1 Å². The minimum absolute atomic E-state index is 0.172. The lowest BCUT2D eigenvalue weighted by atomic mass is 10.0. The molecule has 0 spiro atoms. The molecular weight excluding hydrogens is 361 g/mol. The number of nitrogens with zero attached hydrogens (tertiary/aromatic N) is 1. The Bertz CT molecular complexity index is 782. The molecule has 2 aliphatic heterocycles. The molecule has 0 aromatic heterocycles. The minimum atomic E-state index is -4.87. The number of halogens is 3. The highest BCUT2D eigenvalue weighted by atomic mass is 32.2. The molecule has 0 amide bonds. The molecule has 0 saturated carbocycles. The van der Waals surface area contributed by atoms with Crippen LogP contribution < -0.4 is 5.32 Å². The van der Waals surface area contributed by atoms with Crippen LogP contribution in [0.4, 0.5) is 13.2 Å². The summed E-state index contributed by atoms with van der Waals surface area (Å²) in [6.07, 6.45) is -4.87. The highest BCUT2D eigenvalue weighted by Crippen LogP contribution is 2.36. The predicted molar refractivity (Wildman–Crippen MR) is 81.4 cm³/mol. The van der Waals surface area contributed by atoms with Crippen molar-refractivity contribution < 1.29 is 31.1 Å². The Labute approximate surface area is 143 Å². The normalized spacial score (nSPS) is 24.3. The Morgan fingerprint density at radius 3 is 2.36 bits per heavy atom. The summed E-state index contributed by atoms with van der Waals surface area (Å²) < 4.78 is 70.8. The minimum Gasteiger partial charge on any atom is -0.465 e. The first-order valence-corrected chi connectivity index (χ1v) is 9.09. The van der Waals surface area contributed by atoms with Crippen molar-refractivity contribution in [3.8, 4) is 0 Å². The van der Waals surface area contributed by atoms with E-state index in [1.165, 1.54) is 4.31 Å². The van der Waals surface area contributed by atoms with Gasteiger partial charge in [-0.1, -0.05) is 0 Å². The molecule has 2 heterocycles. The molecule has 2 saturated heterocycles. The van der Waals surface area contributed by atoms with Crippen LogP contribution in [-0.2, 0) is 20.9 Å². The van der Waals surface area contributed by atoms with Crippen molar-refractivity contribution in [3.63, 3.8) is 0 Å². The summed E-state index contributed by atoms with van der Waals surface area (Å²) in [5.74, 6) is -0.824. The highest BCUT2D eigenvalue weighted by Gasteiger charge is 2.43. The van der Waals surface area contributed by atoms with E-state index in [0.29, 0.717) is 19.2 Å². The van der Waals surface area contributed by atoms with Gasteiger partial charge in [0.25, 0.3) is 0 Å². The van der Waals surface area contributed by atoms with Crippen LogP contribution >= 0.6 is 0 Å². The van der Waals surface area contributed by atoms with E-state index in [9.17, 15) is 26.4 Å². The number of benzene rings is 1. The van der Waals surface area contributed by atoms with E-state index >= 15 is 0 Å². The van der Waals surface area contributed by atoms with E-state index in [1.54, 1.807) is 0 Å². The molecule has 2 atom stereocenters. The van der Waals surface area contributed by atoms with E-state index in [0.717, 1.165) is 19.2 Å². The summed E-state index contributed by atoms with van der Waals surface area (Å²) in [4.78, 5) is 11.1. The smallest absolute Gasteiger partial charge is 0.417 e. The quantitative estimate of drug-likeness (QED) is 0.804. The zero-order valence-electron chi connectivity index (χ0n) is 13.3. The molecule has 1 N–H and O–H groups in total. The Balaban J connectivity index is 1.98. The van der Waals surface area contributed by atoms with Gasteiger partial charge in [0.15, 0.2) is 0 Å². The first kappa shape index (κ1) is 18.2. The summed E-state index contributed by atoms with van der Waals surface area (Å²) in [5.41, 5.74) is -2.03. The van der Waals surface area contributed by atoms with Gasteiger partial charge in [-0.25, -0.2) is 13.2 Å². The van der Waals surface area contributed by atoms with Crippen molar-refractivity contribution >= 4 is 16.0 Å². The van der Waals surface area contributed by atoms with Gasteiger partial charge in [-0.05, 0) is 43.1 Å². The standard InChI is InChI=1S/C15H17F3N2O4S/c1-24-14(21)12-3-2-11(4-13(12)15(16,17)18)25(22,23)20-7-9-5-19-6-10(9)8-20/h2-4,9-10,19H,5-8H2,1H3/t9-,10+. The van der Waals surface area contributed by atoms with Gasteiger partial charge in [-0.3, -0.25) is 0 Å². The molecule has 0 bridgehead atoms. The number of methoxy groups -OCH3 is 1. The monoisotopic (exact) mass is 378 g/mol. The van der Waals surface area contributed by atoms with E-state index in [4.69, 9.17) is 0 Å². The molecule has 2 fully saturated rings. The van der Waals surface area contributed by atoms with Gasteiger partial charge in [0.1, 0.15) is 0 Å². The molecule has 0 radical (unpaired) electrons. The summed E-state index contributed by atoms with van der Waals surface area (Å²) in [6.45, 7) is 1.96. The Morgan fingerprint density at radius 2 is 1.84 bits per heavy atom. The average Bonchev–Trinajstić information content (AvgIpc) is 3.14. The number of hydrogen-bond donors (Lipinski definition) is 1. The van der Waals surface area contributed by atoms with Crippen LogP contribution in [0.25, 0.3) is 0 Å². The lowest BCUT2D eigenvalue weighted by Gasteiger charge is -2.19. The van der Waals surface area contributed by atoms with Crippen molar-refractivity contribution in [2.45, 2.75) is 11.1 Å². The molecule has 3 rings (SSSR count). The van der Waals surface area contributed by atoms with Crippen LogP contribution in [0, 0.1) is 11.8 Å². The van der Waals surface area contributed by atoms with Crippen LogP contribution in [0.5, 0.6) is 0 Å². The maximum atomic E-state index is 13.3. The fourth-order valence-electron chi connectivity index (χ4n) is 3.36. The molecule has 0 unspecified atom stereocenters. The number of hydrogen-bond acceptors (Lipinski definition) is 5. The van der Waals surface area contributed by atoms with Gasteiger partial charge in [-0.15, -0.1) is 0 Å². The number of fused-ring (bicyclic) bond motifs is 1. The first-order valence-electron chi connectivity index (χ1n) is 7.65. The van der Waals surface area contributed by atoms with Crippen LogP contribution in [0.15, 0.2) is 23.1 Å². The predicted octanol–water partition coefficient (Wildman–Crippen LogP) is 1.33. The lowest BCUT2D eigenvalue weighted by Crippen LogP contribution is -2.32. The van der Waals surface area contributed by atoms with Crippen molar-refractivity contribution in [1.29, 1.82) is 0 Å². The summed E-state index contributed by atoms with van der Waals surface area (Å²) in [5, 5.41) is 3.17. The van der Waals surface area contributed by atoms with Crippen LogP contribution in [-0.4, -0.2) is 52.0 Å². The molecule has 6 nitrogen and oxygen atoms in total. The average molecular weight is 378 g/mol. The highest BCUT2D eigenvalue weighted by molar-refractivity contribution is 7.89. The van der Waals surface area contributed by atoms with Crippen molar-refractivity contribution in [1.82, 2.24) is 9.62 Å². The van der Waals surface area contributed by atoms with Crippen molar-refractivity contribution in [2.24, 2.45) is 11.8 Å². The van der Waals surface area contributed by atoms with Gasteiger partial charge in [0.2, 0.25) is 10.0 Å². The number of sulfonamides is 1. The summed E-state index contributed by atoms with van der Waals surface area (Å²) in [6, 6.07) is 2.37. The molecule has 138 valence electrons. The van der Waals surface area contributed by atoms with Gasteiger partial charge >= 0.3 is 12.1 Å². The third kappa shape index (κ3) is 3.25. The maximum Gasteiger partial charge on any atom is 0.417 e. The van der Waals surface area contributed by atoms with E-state index in [-0.39, 0.29) is 24.9 Å². The molecule has 1 aromatic carbocycles. The Kier molecular flexibility index (Phi) is 4.54. The second-order valence-electron chi connectivity index (χ2n) is 6.20. The molecule has 2 aliphatic rings. The third-order valence-corrected chi connectivity index (χ3v) is 6.52.